The molecule has 0 radical (unpaired) electrons. The zero-order chi connectivity index (χ0) is 22.9. The summed E-state index contributed by atoms with van der Waals surface area (Å²) in [6, 6.07) is 8.88. The lowest BCUT2D eigenvalue weighted by atomic mass is 9.72. The maximum Gasteiger partial charge on any atom is 0.255 e. The van der Waals surface area contributed by atoms with Crippen LogP contribution in [-0.2, 0) is 19.4 Å². The van der Waals surface area contributed by atoms with Gasteiger partial charge >= 0.3 is 0 Å². The van der Waals surface area contributed by atoms with Crippen LogP contribution in [0.15, 0.2) is 50.5 Å². The van der Waals surface area contributed by atoms with E-state index in [-0.39, 0.29) is 17.1 Å². The molecule has 1 amide bonds. The van der Waals surface area contributed by atoms with E-state index in [2.05, 4.69) is 42.0 Å². The van der Waals surface area contributed by atoms with Gasteiger partial charge in [0, 0.05) is 11.1 Å². The molecular formula is C25H27BrN2O3S. The maximum absolute atomic E-state index is 13.2. The van der Waals surface area contributed by atoms with Gasteiger partial charge in [0.1, 0.15) is 16.5 Å². The fraction of sp³-hybridized carbons (Fsp3) is 0.360. The Kier molecular flexibility index (Phi) is 6.58. The summed E-state index contributed by atoms with van der Waals surface area (Å²) in [4.78, 5) is 19.2. The highest BCUT2D eigenvalue weighted by Gasteiger charge is 2.33. The van der Waals surface area contributed by atoms with Gasteiger partial charge in [-0.2, -0.15) is 0 Å². The van der Waals surface area contributed by atoms with E-state index in [1.165, 1.54) is 4.88 Å². The second-order valence-electron chi connectivity index (χ2n) is 9.22. The molecule has 0 fully saturated rings. The van der Waals surface area contributed by atoms with E-state index in [4.69, 9.17) is 9.41 Å². The van der Waals surface area contributed by atoms with Crippen molar-refractivity contribution in [2.45, 2.75) is 46.6 Å². The number of nitrogens with zero attached hydrogens (tertiary/aromatic N) is 1. The first kappa shape index (κ1) is 22.8. The number of amides is 1. The number of rotatable bonds is 5. The molecule has 4 rings (SSSR count). The largest absolute Gasteiger partial charge is 0.507 e. The summed E-state index contributed by atoms with van der Waals surface area (Å²) in [7, 11) is 0. The third-order valence-electron chi connectivity index (χ3n) is 6.00. The van der Waals surface area contributed by atoms with Crippen LogP contribution >= 0.6 is 27.3 Å². The van der Waals surface area contributed by atoms with Crippen LogP contribution in [0.5, 0.6) is 5.75 Å². The molecule has 3 aromatic rings. The zero-order valence-corrected chi connectivity index (χ0v) is 20.8. The van der Waals surface area contributed by atoms with Gasteiger partial charge < -0.3 is 14.8 Å². The highest BCUT2D eigenvalue weighted by atomic mass is 79.9. The van der Waals surface area contributed by atoms with Gasteiger partial charge in [0.25, 0.3) is 5.91 Å². The van der Waals surface area contributed by atoms with E-state index in [1.807, 2.05) is 12.1 Å². The summed E-state index contributed by atoms with van der Waals surface area (Å²) in [6.45, 7) is 7.20. The van der Waals surface area contributed by atoms with Crippen LogP contribution in [-0.4, -0.2) is 17.2 Å². The van der Waals surface area contributed by atoms with Crippen LogP contribution in [0.3, 0.4) is 0 Å². The topological polar surface area (TPSA) is 74.8 Å². The normalized spacial score (nSPS) is 16.3. The number of phenolic OH excluding ortho intramolecular Hbond substituents is 1. The molecule has 7 heteroatoms. The number of nitrogens with one attached hydrogen (secondary N) is 1. The molecule has 0 bridgehead atoms. The third kappa shape index (κ3) is 4.99. The minimum absolute atomic E-state index is 0.118. The standard InChI is InChI=1S/C25H27BrN2O3S/c1-25(2,3)16-7-8-18-21(12-16)32-24(28-13-15-6-9-20(29)19(26)11-15)22(18)23(30)27-14-17-5-4-10-31-17/h4-6,9-11,13,16,29H,7-8,12,14H2,1-3H3,(H,27,30)/t16-/m0/s1. The molecule has 2 heterocycles. The van der Waals surface area contributed by atoms with Gasteiger partial charge in [-0.1, -0.05) is 20.8 Å². The van der Waals surface area contributed by atoms with Crippen molar-refractivity contribution < 1.29 is 14.3 Å². The summed E-state index contributed by atoms with van der Waals surface area (Å²) in [5, 5.41) is 13.5. The van der Waals surface area contributed by atoms with Gasteiger partial charge in [-0.3, -0.25) is 4.79 Å². The molecule has 32 heavy (non-hydrogen) atoms. The van der Waals surface area contributed by atoms with Crippen LogP contribution in [0.2, 0.25) is 0 Å². The van der Waals surface area contributed by atoms with Crippen molar-refractivity contribution in [2.24, 2.45) is 16.3 Å². The fourth-order valence-corrected chi connectivity index (χ4v) is 5.71. The van der Waals surface area contributed by atoms with Crippen LogP contribution in [0, 0.1) is 11.3 Å². The van der Waals surface area contributed by atoms with E-state index >= 15 is 0 Å². The number of furan rings is 1. The summed E-state index contributed by atoms with van der Waals surface area (Å²) in [5.74, 6) is 1.36. The average molecular weight is 515 g/mol. The third-order valence-corrected chi connectivity index (χ3v) is 7.80. The Hall–Kier alpha value is -2.38. The van der Waals surface area contributed by atoms with Gasteiger partial charge in [-0.15, -0.1) is 11.3 Å². The number of fused-ring (bicyclic) bond motifs is 1. The Bertz CT molecular complexity index is 1140. The Balaban J connectivity index is 1.66. The number of halogens is 1. The van der Waals surface area contributed by atoms with Crippen LogP contribution in [0.4, 0.5) is 5.00 Å². The number of thiophene rings is 1. The second kappa shape index (κ2) is 9.24. The molecule has 1 aliphatic carbocycles. The summed E-state index contributed by atoms with van der Waals surface area (Å²) in [5.41, 5.74) is 2.88. The summed E-state index contributed by atoms with van der Waals surface area (Å²) < 4.78 is 5.96. The molecule has 168 valence electrons. The van der Waals surface area contributed by atoms with Crippen LogP contribution in [0.1, 0.15) is 59.3 Å². The number of hydrogen-bond acceptors (Lipinski definition) is 5. The highest BCUT2D eigenvalue weighted by Crippen LogP contribution is 2.45. The molecule has 0 aliphatic heterocycles. The van der Waals surface area contributed by atoms with Gasteiger partial charge in [0.05, 0.1) is 22.8 Å². The van der Waals surface area contributed by atoms with E-state index in [0.717, 1.165) is 35.4 Å². The summed E-state index contributed by atoms with van der Waals surface area (Å²) in [6.07, 6.45) is 6.28. The number of aromatic hydroxyl groups is 1. The van der Waals surface area contributed by atoms with E-state index in [1.54, 1.807) is 42.0 Å². The zero-order valence-electron chi connectivity index (χ0n) is 18.4. The first-order valence-electron chi connectivity index (χ1n) is 10.7. The van der Waals surface area contributed by atoms with Crippen molar-refractivity contribution in [3.05, 3.63) is 68.4 Å². The lowest BCUT2D eigenvalue weighted by molar-refractivity contribution is 0.0947. The lowest BCUT2D eigenvalue weighted by Crippen LogP contribution is -2.28. The predicted octanol–water partition coefficient (Wildman–Crippen LogP) is 6.64. The Morgan fingerprint density at radius 3 is 2.88 bits per heavy atom. The molecular weight excluding hydrogens is 488 g/mol. The van der Waals surface area contributed by atoms with Crippen molar-refractivity contribution in [3.8, 4) is 5.75 Å². The number of carbonyl (C=O) groups is 1. The molecule has 0 saturated heterocycles. The predicted molar refractivity (Wildman–Crippen MR) is 132 cm³/mol. The van der Waals surface area contributed by atoms with Gasteiger partial charge in [0.2, 0.25) is 0 Å². The molecule has 0 unspecified atom stereocenters. The monoisotopic (exact) mass is 514 g/mol. The Morgan fingerprint density at radius 2 is 2.19 bits per heavy atom. The van der Waals surface area contributed by atoms with E-state index in [0.29, 0.717) is 28.3 Å². The van der Waals surface area contributed by atoms with Crippen LogP contribution in [0.25, 0.3) is 0 Å². The average Bonchev–Trinajstić information content (AvgIpc) is 3.39. The van der Waals surface area contributed by atoms with E-state index < -0.39 is 0 Å². The molecule has 0 spiro atoms. The Morgan fingerprint density at radius 1 is 1.38 bits per heavy atom. The van der Waals surface area contributed by atoms with Crippen molar-refractivity contribution in [2.75, 3.05) is 0 Å². The number of aliphatic imine (C=N–C) groups is 1. The van der Waals surface area contributed by atoms with Gasteiger partial charge in [-0.25, -0.2) is 4.99 Å². The molecule has 1 aromatic carbocycles. The minimum atomic E-state index is -0.118. The molecule has 1 aliphatic rings. The van der Waals surface area contributed by atoms with Crippen LogP contribution < -0.4 is 5.32 Å². The Labute approximate surface area is 200 Å². The highest BCUT2D eigenvalue weighted by molar-refractivity contribution is 9.10. The lowest BCUT2D eigenvalue weighted by Gasteiger charge is -2.33. The quantitative estimate of drug-likeness (QED) is 0.374. The molecule has 5 nitrogen and oxygen atoms in total. The summed E-state index contributed by atoms with van der Waals surface area (Å²) >= 11 is 4.96. The van der Waals surface area contributed by atoms with Gasteiger partial charge in [-0.05, 0) is 88.0 Å². The van der Waals surface area contributed by atoms with Crippen molar-refractivity contribution in [3.63, 3.8) is 0 Å². The molecule has 2 N–H and O–H groups in total. The fourth-order valence-electron chi connectivity index (χ4n) is 4.04. The number of carbonyl (C=O) groups excluding carboxylic acids is 1. The second-order valence-corrected chi connectivity index (χ2v) is 11.2. The van der Waals surface area contributed by atoms with E-state index in [9.17, 15) is 9.90 Å². The van der Waals surface area contributed by atoms with Gasteiger partial charge in [0.15, 0.2) is 0 Å². The number of benzene rings is 1. The SMILES string of the molecule is CC(C)(C)[C@H]1CCc2c(sc(N=Cc3ccc(O)c(Br)c3)c2C(=O)NCc2ccco2)C1. The van der Waals surface area contributed by atoms with Crippen molar-refractivity contribution >= 4 is 44.4 Å². The molecule has 0 saturated carbocycles. The molecule has 1 atom stereocenters. The maximum atomic E-state index is 13.2. The smallest absolute Gasteiger partial charge is 0.255 e. The molecule has 2 aromatic heterocycles. The number of hydrogen-bond donors (Lipinski definition) is 2. The first-order chi connectivity index (χ1) is 15.2. The van der Waals surface area contributed by atoms with Crippen molar-refractivity contribution in [1.82, 2.24) is 5.32 Å². The number of phenols is 1. The minimum Gasteiger partial charge on any atom is -0.507 e. The first-order valence-corrected chi connectivity index (χ1v) is 12.3. The van der Waals surface area contributed by atoms with Crippen molar-refractivity contribution in [1.29, 1.82) is 0 Å².